The molecule has 1 aromatic rings. The van der Waals surface area contributed by atoms with Gasteiger partial charge in [-0.05, 0) is 32.4 Å². The minimum absolute atomic E-state index is 0.105. The molecule has 0 aromatic heterocycles. The third-order valence-electron chi connectivity index (χ3n) is 2.44. The Morgan fingerprint density at radius 3 is 2.57 bits per heavy atom. The highest BCUT2D eigenvalue weighted by molar-refractivity contribution is 5.95. The summed E-state index contributed by atoms with van der Waals surface area (Å²) in [6.07, 6.45) is 0. The van der Waals surface area contributed by atoms with Crippen LogP contribution in [0.5, 0.6) is 0 Å². The maximum atomic E-state index is 11.9. The molecule has 76 valence electrons. The van der Waals surface area contributed by atoms with Gasteiger partial charge in [-0.2, -0.15) is 0 Å². The number of hydrogen-bond acceptors (Lipinski definition) is 1. The van der Waals surface area contributed by atoms with E-state index < -0.39 is 0 Å². The molecule has 0 saturated heterocycles. The molecule has 14 heavy (non-hydrogen) atoms. The van der Waals surface area contributed by atoms with Gasteiger partial charge < -0.3 is 4.90 Å². The molecule has 0 aliphatic heterocycles. The molecule has 1 amide bonds. The lowest BCUT2D eigenvalue weighted by Crippen LogP contribution is -2.26. The molecule has 1 rings (SSSR count). The van der Waals surface area contributed by atoms with Gasteiger partial charge in [0.2, 0.25) is 0 Å². The van der Waals surface area contributed by atoms with Crippen LogP contribution in [-0.2, 0) is 0 Å². The Balaban J connectivity index is 3.06. The zero-order valence-electron chi connectivity index (χ0n) is 9.29. The summed E-state index contributed by atoms with van der Waals surface area (Å²) in [6, 6.07) is 5.97. The Labute approximate surface area is 85.5 Å². The van der Waals surface area contributed by atoms with Gasteiger partial charge in [-0.1, -0.05) is 17.7 Å². The molecule has 0 unspecified atom stereocenters. The first kappa shape index (κ1) is 10.8. The van der Waals surface area contributed by atoms with Crippen molar-refractivity contribution in [2.75, 3.05) is 13.6 Å². The second kappa shape index (κ2) is 4.27. The number of nitrogens with zero attached hydrogens (tertiary/aromatic N) is 1. The highest BCUT2D eigenvalue weighted by Gasteiger charge is 2.12. The summed E-state index contributed by atoms with van der Waals surface area (Å²) in [5, 5.41) is 0. The minimum Gasteiger partial charge on any atom is -0.342 e. The minimum atomic E-state index is 0.105. The van der Waals surface area contributed by atoms with Gasteiger partial charge in [0.15, 0.2) is 0 Å². The number of amides is 1. The summed E-state index contributed by atoms with van der Waals surface area (Å²) >= 11 is 0. The summed E-state index contributed by atoms with van der Waals surface area (Å²) in [6.45, 7) is 6.69. The third kappa shape index (κ3) is 2.13. The first-order valence-corrected chi connectivity index (χ1v) is 4.89. The van der Waals surface area contributed by atoms with E-state index in [0.29, 0.717) is 0 Å². The highest BCUT2D eigenvalue weighted by Crippen LogP contribution is 2.12. The average Bonchev–Trinajstić information content (AvgIpc) is 2.19. The molecule has 1 aromatic carbocycles. The number of rotatable bonds is 2. The van der Waals surface area contributed by atoms with E-state index in [-0.39, 0.29) is 5.91 Å². The van der Waals surface area contributed by atoms with Crippen LogP contribution >= 0.6 is 0 Å². The van der Waals surface area contributed by atoms with Crippen molar-refractivity contribution in [3.05, 3.63) is 34.9 Å². The zero-order chi connectivity index (χ0) is 10.7. The Morgan fingerprint density at radius 2 is 2.00 bits per heavy atom. The van der Waals surface area contributed by atoms with Crippen molar-refractivity contribution in [1.29, 1.82) is 0 Å². The van der Waals surface area contributed by atoms with Crippen LogP contribution in [0.15, 0.2) is 18.2 Å². The topological polar surface area (TPSA) is 20.3 Å². The second-order valence-electron chi connectivity index (χ2n) is 3.64. The first-order valence-electron chi connectivity index (χ1n) is 4.89. The monoisotopic (exact) mass is 191 g/mol. The molecule has 0 aliphatic carbocycles. The van der Waals surface area contributed by atoms with E-state index in [1.54, 1.807) is 4.90 Å². The summed E-state index contributed by atoms with van der Waals surface area (Å²) in [5.74, 6) is 0.105. The third-order valence-corrected chi connectivity index (χ3v) is 2.44. The van der Waals surface area contributed by atoms with Crippen LogP contribution in [0.3, 0.4) is 0 Å². The summed E-state index contributed by atoms with van der Waals surface area (Å²) in [7, 11) is 1.82. The van der Waals surface area contributed by atoms with Gasteiger partial charge >= 0.3 is 0 Å². The number of aryl methyl sites for hydroxylation is 2. The van der Waals surface area contributed by atoms with Gasteiger partial charge in [0.1, 0.15) is 0 Å². The van der Waals surface area contributed by atoms with E-state index in [1.807, 2.05) is 46.0 Å². The van der Waals surface area contributed by atoms with Gasteiger partial charge in [-0.15, -0.1) is 0 Å². The molecule has 0 spiro atoms. The van der Waals surface area contributed by atoms with Gasteiger partial charge in [-0.25, -0.2) is 0 Å². The van der Waals surface area contributed by atoms with Crippen LogP contribution in [0, 0.1) is 13.8 Å². The lowest BCUT2D eigenvalue weighted by atomic mass is 10.0. The van der Waals surface area contributed by atoms with E-state index in [1.165, 1.54) is 0 Å². The largest absolute Gasteiger partial charge is 0.342 e. The fourth-order valence-electron chi connectivity index (χ4n) is 1.32. The van der Waals surface area contributed by atoms with Crippen LogP contribution in [0.4, 0.5) is 0 Å². The van der Waals surface area contributed by atoms with Gasteiger partial charge in [-0.3, -0.25) is 4.79 Å². The Hall–Kier alpha value is -1.31. The number of carbonyl (C=O) groups is 1. The predicted octanol–water partition coefficient (Wildman–Crippen LogP) is 2.40. The normalized spacial score (nSPS) is 10.0. The lowest BCUT2D eigenvalue weighted by Gasteiger charge is -2.16. The number of carbonyl (C=O) groups excluding carboxylic acids is 1. The van der Waals surface area contributed by atoms with Crippen LogP contribution in [0.1, 0.15) is 28.4 Å². The molecular weight excluding hydrogens is 174 g/mol. The second-order valence-corrected chi connectivity index (χ2v) is 3.64. The number of benzene rings is 1. The van der Waals surface area contributed by atoms with Crippen molar-refractivity contribution in [2.24, 2.45) is 0 Å². The van der Waals surface area contributed by atoms with E-state index in [4.69, 9.17) is 0 Å². The average molecular weight is 191 g/mol. The quantitative estimate of drug-likeness (QED) is 0.703. The predicted molar refractivity (Wildman–Crippen MR) is 58.6 cm³/mol. The fourth-order valence-corrected chi connectivity index (χ4v) is 1.32. The summed E-state index contributed by atoms with van der Waals surface area (Å²) < 4.78 is 0. The van der Waals surface area contributed by atoms with Crippen molar-refractivity contribution in [3.8, 4) is 0 Å². The van der Waals surface area contributed by atoms with E-state index in [0.717, 1.165) is 23.2 Å². The highest BCUT2D eigenvalue weighted by atomic mass is 16.2. The number of hydrogen-bond donors (Lipinski definition) is 0. The molecule has 0 atom stereocenters. The maximum Gasteiger partial charge on any atom is 0.253 e. The Morgan fingerprint density at radius 1 is 1.36 bits per heavy atom. The molecule has 2 nitrogen and oxygen atoms in total. The SMILES string of the molecule is CCN(C)C(=O)c1cc(C)ccc1C. The Kier molecular flexibility index (Phi) is 3.28. The van der Waals surface area contributed by atoms with E-state index >= 15 is 0 Å². The van der Waals surface area contributed by atoms with Crippen LogP contribution in [0.2, 0.25) is 0 Å². The van der Waals surface area contributed by atoms with Crippen molar-refractivity contribution in [3.63, 3.8) is 0 Å². The lowest BCUT2D eigenvalue weighted by molar-refractivity contribution is 0.0801. The summed E-state index contributed by atoms with van der Waals surface area (Å²) in [5.41, 5.74) is 2.98. The van der Waals surface area contributed by atoms with Gasteiger partial charge in [0.25, 0.3) is 5.91 Å². The van der Waals surface area contributed by atoms with Gasteiger partial charge in [0, 0.05) is 19.2 Å². The van der Waals surface area contributed by atoms with E-state index in [9.17, 15) is 4.79 Å². The summed E-state index contributed by atoms with van der Waals surface area (Å²) in [4.78, 5) is 13.6. The molecule has 2 heteroatoms. The maximum absolute atomic E-state index is 11.9. The molecule has 0 aliphatic rings. The smallest absolute Gasteiger partial charge is 0.253 e. The molecule has 0 radical (unpaired) electrons. The standard InChI is InChI=1S/C12H17NO/c1-5-13(4)12(14)11-8-9(2)6-7-10(11)3/h6-8H,5H2,1-4H3. The molecular formula is C12H17NO. The molecule has 0 heterocycles. The van der Waals surface area contributed by atoms with E-state index in [2.05, 4.69) is 0 Å². The first-order chi connectivity index (χ1) is 6.56. The fraction of sp³-hybridized carbons (Fsp3) is 0.417. The molecule has 0 saturated carbocycles. The van der Waals surface area contributed by atoms with Crippen LogP contribution in [-0.4, -0.2) is 24.4 Å². The molecule has 0 N–H and O–H groups in total. The van der Waals surface area contributed by atoms with Crippen molar-refractivity contribution in [1.82, 2.24) is 4.90 Å². The van der Waals surface area contributed by atoms with Crippen LogP contribution in [0.25, 0.3) is 0 Å². The Bertz CT molecular complexity index is 344. The zero-order valence-corrected chi connectivity index (χ0v) is 9.29. The van der Waals surface area contributed by atoms with Gasteiger partial charge in [0.05, 0.1) is 0 Å². The van der Waals surface area contributed by atoms with Crippen molar-refractivity contribution < 1.29 is 4.79 Å². The van der Waals surface area contributed by atoms with Crippen molar-refractivity contribution in [2.45, 2.75) is 20.8 Å². The van der Waals surface area contributed by atoms with Crippen LogP contribution < -0.4 is 0 Å². The molecule has 0 bridgehead atoms. The van der Waals surface area contributed by atoms with Crippen molar-refractivity contribution >= 4 is 5.91 Å². The molecule has 0 fully saturated rings.